The number of nitrogen functional groups attached to an aromatic ring is 1. The highest BCUT2D eigenvalue weighted by atomic mass is 16.1. The van der Waals surface area contributed by atoms with E-state index in [0.717, 1.165) is 11.3 Å². The quantitative estimate of drug-likeness (QED) is 0.567. The topological polar surface area (TPSA) is 134 Å². The predicted octanol–water partition coefficient (Wildman–Crippen LogP) is 1.26. The molecule has 3 rings (SSSR count). The van der Waals surface area contributed by atoms with Gasteiger partial charge in [-0.25, -0.2) is 4.98 Å². The van der Waals surface area contributed by atoms with E-state index >= 15 is 0 Å². The number of H-pyrrole nitrogens is 1. The van der Waals surface area contributed by atoms with Gasteiger partial charge in [-0.1, -0.05) is 0 Å². The lowest BCUT2D eigenvalue weighted by molar-refractivity contribution is 0.0962. The summed E-state index contributed by atoms with van der Waals surface area (Å²) in [7, 11) is 1.60. The highest BCUT2D eigenvalue weighted by molar-refractivity contribution is 5.95. The summed E-state index contributed by atoms with van der Waals surface area (Å²) in [6, 6.07) is 5.36. The van der Waals surface area contributed by atoms with Gasteiger partial charge >= 0.3 is 0 Å². The third-order valence-corrected chi connectivity index (χ3v) is 3.46. The molecule has 24 heavy (non-hydrogen) atoms. The number of nitrogens with zero attached hydrogens (tertiary/aromatic N) is 4. The average molecular weight is 324 g/mol. The maximum atomic E-state index is 11.7. The van der Waals surface area contributed by atoms with Crippen LogP contribution in [-0.4, -0.2) is 38.3 Å². The second-order valence-corrected chi connectivity index (χ2v) is 5.08. The van der Waals surface area contributed by atoms with E-state index in [1.807, 2.05) is 13.0 Å². The molecule has 9 nitrogen and oxygen atoms in total. The molecule has 0 bridgehead atoms. The molecule has 0 saturated carbocycles. The number of rotatable bonds is 4. The van der Waals surface area contributed by atoms with Gasteiger partial charge in [0, 0.05) is 24.5 Å². The lowest BCUT2D eigenvalue weighted by Crippen LogP contribution is -2.18. The number of nitrogens with one attached hydrogen (secondary N) is 3. The van der Waals surface area contributed by atoms with Crippen LogP contribution < -0.4 is 16.4 Å². The maximum Gasteiger partial charge on any atom is 0.251 e. The molecule has 9 heteroatoms. The zero-order valence-corrected chi connectivity index (χ0v) is 13.2. The summed E-state index contributed by atoms with van der Waals surface area (Å²) in [5, 5.41) is 15.9. The number of hydrogen-bond acceptors (Lipinski definition) is 7. The third kappa shape index (κ3) is 3.00. The van der Waals surface area contributed by atoms with Gasteiger partial charge in [-0.3, -0.25) is 4.79 Å². The number of nitrogens with two attached hydrogens (primary N) is 1. The number of aromatic nitrogens is 5. The van der Waals surface area contributed by atoms with Crippen LogP contribution in [0.25, 0.3) is 11.3 Å². The second-order valence-electron chi connectivity index (χ2n) is 5.08. The molecule has 0 aliphatic heterocycles. The van der Waals surface area contributed by atoms with E-state index in [4.69, 9.17) is 5.73 Å². The predicted molar refractivity (Wildman–Crippen MR) is 89.7 cm³/mol. The number of aromatic amines is 1. The summed E-state index contributed by atoms with van der Waals surface area (Å²) in [5.41, 5.74) is 9.34. The zero-order valence-electron chi connectivity index (χ0n) is 13.2. The van der Waals surface area contributed by atoms with Crippen LogP contribution >= 0.6 is 0 Å². The van der Waals surface area contributed by atoms with Crippen LogP contribution in [0.15, 0.2) is 30.6 Å². The Bertz CT molecular complexity index is 875. The van der Waals surface area contributed by atoms with E-state index in [1.54, 1.807) is 31.6 Å². The molecule has 2 aromatic heterocycles. The molecule has 3 aromatic rings. The van der Waals surface area contributed by atoms with Crippen molar-refractivity contribution >= 4 is 23.4 Å². The first-order chi connectivity index (χ1) is 11.6. The van der Waals surface area contributed by atoms with Gasteiger partial charge in [-0.05, 0) is 30.7 Å². The van der Waals surface area contributed by atoms with Crippen molar-refractivity contribution in [3.05, 3.63) is 41.7 Å². The third-order valence-electron chi connectivity index (χ3n) is 3.46. The minimum absolute atomic E-state index is 0.128. The fourth-order valence-corrected chi connectivity index (χ4v) is 2.24. The van der Waals surface area contributed by atoms with Crippen molar-refractivity contribution in [2.75, 3.05) is 18.1 Å². The summed E-state index contributed by atoms with van der Waals surface area (Å²) in [6.45, 7) is 1.86. The molecule has 0 radical (unpaired) electrons. The van der Waals surface area contributed by atoms with E-state index < -0.39 is 0 Å². The first-order valence-corrected chi connectivity index (χ1v) is 7.17. The smallest absolute Gasteiger partial charge is 0.251 e. The highest BCUT2D eigenvalue weighted by Gasteiger charge is 2.11. The van der Waals surface area contributed by atoms with Crippen LogP contribution in [0.2, 0.25) is 0 Å². The van der Waals surface area contributed by atoms with Gasteiger partial charge in [0.15, 0.2) is 0 Å². The number of hydrogen-bond donors (Lipinski definition) is 4. The molecule has 0 aliphatic carbocycles. The second kappa shape index (κ2) is 6.32. The van der Waals surface area contributed by atoms with Gasteiger partial charge in [0.2, 0.25) is 5.95 Å². The van der Waals surface area contributed by atoms with Crippen LogP contribution in [0.5, 0.6) is 0 Å². The molecule has 1 aromatic carbocycles. The van der Waals surface area contributed by atoms with Gasteiger partial charge in [0.05, 0.1) is 11.8 Å². The molecule has 2 heterocycles. The van der Waals surface area contributed by atoms with E-state index in [0.29, 0.717) is 28.6 Å². The van der Waals surface area contributed by atoms with Crippen molar-refractivity contribution in [3.63, 3.8) is 0 Å². The van der Waals surface area contributed by atoms with Crippen LogP contribution in [0.4, 0.5) is 17.5 Å². The number of carbonyl (C=O) groups excluding carboxylic acids is 1. The van der Waals surface area contributed by atoms with Crippen molar-refractivity contribution in [3.8, 4) is 11.3 Å². The Morgan fingerprint density at radius 2 is 2.12 bits per heavy atom. The molecular weight excluding hydrogens is 308 g/mol. The number of amides is 1. The van der Waals surface area contributed by atoms with Gasteiger partial charge in [-0.2, -0.15) is 20.4 Å². The largest absolute Gasteiger partial charge is 0.383 e. The standard InChI is InChI=1S/C15H16N8O/c1-8-5-9(3-4-10(8)14(24)17-2)20-15-18-6-11(13(16)21-15)12-7-19-23-22-12/h3-7H,1-2H3,(H,17,24)(H,19,22,23)(H3,16,18,20,21). The van der Waals surface area contributed by atoms with Crippen molar-refractivity contribution in [1.29, 1.82) is 0 Å². The Morgan fingerprint density at radius 1 is 1.29 bits per heavy atom. The summed E-state index contributed by atoms with van der Waals surface area (Å²) >= 11 is 0. The molecule has 0 atom stereocenters. The number of anilines is 3. The minimum Gasteiger partial charge on any atom is -0.383 e. The van der Waals surface area contributed by atoms with Crippen LogP contribution in [-0.2, 0) is 0 Å². The van der Waals surface area contributed by atoms with E-state index in [-0.39, 0.29) is 5.91 Å². The Kier molecular flexibility index (Phi) is 4.06. The maximum absolute atomic E-state index is 11.7. The number of aryl methyl sites for hydroxylation is 1. The summed E-state index contributed by atoms with van der Waals surface area (Å²) in [4.78, 5) is 20.2. The Balaban J connectivity index is 1.83. The average Bonchev–Trinajstić information content (AvgIpc) is 3.08. The molecule has 0 aliphatic rings. The summed E-state index contributed by atoms with van der Waals surface area (Å²) in [5.74, 6) is 0.517. The molecule has 0 unspecified atom stereocenters. The SMILES string of the molecule is CNC(=O)c1ccc(Nc2ncc(-c3cn[nH]n3)c(N)n2)cc1C. The molecule has 0 spiro atoms. The monoisotopic (exact) mass is 324 g/mol. The van der Waals surface area contributed by atoms with Crippen molar-refractivity contribution < 1.29 is 4.79 Å². The first kappa shape index (κ1) is 15.4. The number of benzene rings is 1. The minimum atomic E-state index is -0.128. The van der Waals surface area contributed by atoms with E-state index in [1.165, 1.54) is 0 Å². The van der Waals surface area contributed by atoms with Crippen molar-refractivity contribution in [2.24, 2.45) is 0 Å². The molecule has 0 fully saturated rings. The van der Waals surface area contributed by atoms with Crippen LogP contribution in [0, 0.1) is 6.92 Å². The lowest BCUT2D eigenvalue weighted by Gasteiger charge is -2.10. The summed E-state index contributed by atoms with van der Waals surface area (Å²) in [6.07, 6.45) is 3.12. The molecule has 1 amide bonds. The Labute approximate surface area is 137 Å². The van der Waals surface area contributed by atoms with Crippen LogP contribution in [0.1, 0.15) is 15.9 Å². The fourth-order valence-electron chi connectivity index (χ4n) is 2.24. The van der Waals surface area contributed by atoms with Crippen molar-refractivity contribution in [1.82, 2.24) is 30.7 Å². The van der Waals surface area contributed by atoms with Gasteiger partial charge in [0.1, 0.15) is 11.5 Å². The van der Waals surface area contributed by atoms with Crippen molar-refractivity contribution in [2.45, 2.75) is 6.92 Å². The highest BCUT2D eigenvalue weighted by Crippen LogP contribution is 2.23. The number of carbonyl (C=O) groups is 1. The zero-order chi connectivity index (χ0) is 17.1. The van der Waals surface area contributed by atoms with Gasteiger partial charge in [0.25, 0.3) is 5.91 Å². The molecule has 122 valence electrons. The normalized spacial score (nSPS) is 10.4. The van der Waals surface area contributed by atoms with E-state index in [9.17, 15) is 4.79 Å². The van der Waals surface area contributed by atoms with Gasteiger partial charge < -0.3 is 16.4 Å². The Hall–Kier alpha value is -3.49. The molecule has 0 saturated heterocycles. The molecular formula is C15H16N8O. The fraction of sp³-hybridized carbons (Fsp3) is 0.133. The summed E-state index contributed by atoms with van der Waals surface area (Å²) < 4.78 is 0. The lowest BCUT2D eigenvalue weighted by atomic mass is 10.1. The van der Waals surface area contributed by atoms with E-state index in [2.05, 4.69) is 36.0 Å². The Morgan fingerprint density at radius 3 is 2.75 bits per heavy atom. The van der Waals surface area contributed by atoms with Crippen LogP contribution in [0.3, 0.4) is 0 Å². The molecule has 5 N–H and O–H groups in total. The van der Waals surface area contributed by atoms with Gasteiger partial charge in [-0.15, -0.1) is 0 Å². The first-order valence-electron chi connectivity index (χ1n) is 7.17.